The molecular formula is C11H18O2. The van der Waals surface area contributed by atoms with Crippen molar-refractivity contribution in [3.05, 3.63) is 31.0 Å². The first-order valence-electron chi connectivity index (χ1n) is 3.92. The van der Waals surface area contributed by atoms with Crippen molar-refractivity contribution in [3.8, 4) is 0 Å². The SMILES string of the molecule is C=C(C)C(=O)OC(C)(C)C.C=C=C. The van der Waals surface area contributed by atoms with E-state index in [2.05, 4.69) is 25.5 Å². The van der Waals surface area contributed by atoms with Crippen LogP contribution in [0.5, 0.6) is 0 Å². The van der Waals surface area contributed by atoms with Crippen molar-refractivity contribution in [2.24, 2.45) is 0 Å². The lowest BCUT2D eigenvalue weighted by Gasteiger charge is -2.19. The fourth-order valence-electron chi connectivity index (χ4n) is 0.365. The fourth-order valence-corrected chi connectivity index (χ4v) is 0.365. The Morgan fingerprint density at radius 1 is 1.31 bits per heavy atom. The van der Waals surface area contributed by atoms with Gasteiger partial charge in [-0.15, -0.1) is 5.73 Å². The summed E-state index contributed by atoms with van der Waals surface area (Å²) in [6, 6.07) is 0. The number of ether oxygens (including phenoxy) is 1. The van der Waals surface area contributed by atoms with Gasteiger partial charge in [0.15, 0.2) is 0 Å². The summed E-state index contributed by atoms with van der Waals surface area (Å²) in [7, 11) is 0. The Balaban J connectivity index is 0. The predicted molar refractivity (Wildman–Crippen MR) is 55.4 cm³/mol. The Morgan fingerprint density at radius 2 is 1.62 bits per heavy atom. The lowest BCUT2D eigenvalue weighted by atomic mass is 10.2. The van der Waals surface area contributed by atoms with Crippen molar-refractivity contribution in [2.45, 2.75) is 33.3 Å². The molecule has 0 rings (SSSR count). The molecule has 0 heterocycles. The zero-order chi connectivity index (χ0) is 11.1. The van der Waals surface area contributed by atoms with Crippen LogP contribution in [-0.4, -0.2) is 11.6 Å². The maximum atomic E-state index is 10.8. The summed E-state index contributed by atoms with van der Waals surface area (Å²) in [5, 5.41) is 0. The molecule has 0 fully saturated rings. The second-order valence-corrected chi connectivity index (χ2v) is 3.53. The van der Waals surface area contributed by atoms with E-state index in [1.807, 2.05) is 20.8 Å². The highest BCUT2D eigenvalue weighted by atomic mass is 16.6. The van der Waals surface area contributed by atoms with Gasteiger partial charge in [0, 0.05) is 5.57 Å². The van der Waals surface area contributed by atoms with E-state index in [9.17, 15) is 4.79 Å². The van der Waals surface area contributed by atoms with Crippen molar-refractivity contribution < 1.29 is 9.53 Å². The minimum absolute atomic E-state index is 0.326. The third-order valence-electron chi connectivity index (χ3n) is 0.747. The molecule has 0 spiro atoms. The molecule has 0 aromatic heterocycles. The van der Waals surface area contributed by atoms with Crippen LogP contribution < -0.4 is 0 Å². The van der Waals surface area contributed by atoms with Crippen LogP contribution >= 0.6 is 0 Å². The minimum Gasteiger partial charge on any atom is -0.457 e. The van der Waals surface area contributed by atoms with Gasteiger partial charge in [-0.05, 0) is 27.7 Å². The van der Waals surface area contributed by atoms with Crippen LogP contribution in [0.3, 0.4) is 0 Å². The van der Waals surface area contributed by atoms with E-state index in [0.29, 0.717) is 5.57 Å². The topological polar surface area (TPSA) is 26.3 Å². The smallest absolute Gasteiger partial charge is 0.333 e. The normalized spacial score (nSPS) is 8.92. The van der Waals surface area contributed by atoms with Crippen LogP contribution in [0.15, 0.2) is 31.0 Å². The third kappa shape index (κ3) is 13.7. The monoisotopic (exact) mass is 182 g/mol. The van der Waals surface area contributed by atoms with Gasteiger partial charge in [0.25, 0.3) is 0 Å². The van der Waals surface area contributed by atoms with Gasteiger partial charge < -0.3 is 4.74 Å². The van der Waals surface area contributed by atoms with Crippen molar-refractivity contribution >= 4 is 5.97 Å². The molecule has 0 bridgehead atoms. The first kappa shape index (κ1) is 14.3. The largest absolute Gasteiger partial charge is 0.457 e. The van der Waals surface area contributed by atoms with E-state index in [-0.39, 0.29) is 5.97 Å². The Labute approximate surface area is 80.6 Å². The van der Waals surface area contributed by atoms with E-state index < -0.39 is 5.60 Å². The highest BCUT2D eigenvalue weighted by Gasteiger charge is 2.15. The Kier molecular flexibility index (Phi) is 6.88. The molecule has 74 valence electrons. The second-order valence-electron chi connectivity index (χ2n) is 3.53. The van der Waals surface area contributed by atoms with Crippen molar-refractivity contribution in [1.29, 1.82) is 0 Å². The lowest BCUT2D eigenvalue weighted by molar-refractivity contribution is -0.149. The van der Waals surface area contributed by atoms with Gasteiger partial charge in [-0.2, -0.15) is 0 Å². The fraction of sp³-hybridized carbons (Fsp3) is 0.455. The Morgan fingerprint density at radius 3 is 1.69 bits per heavy atom. The number of rotatable bonds is 1. The molecule has 0 N–H and O–H groups in total. The van der Waals surface area contributed by atoms with Crippen molar-refractivity contribution in [3.63, 3.8) is 0 Å². The van der Waals surface area contributed by atoms with Gasteiger partial charge in [0.2, 0.25) is 0 Å². The standard InChI is InChI=1S/C8H14O2.C3H4/c1-6(2)7(9)10-8(3,4)5;1-3-2/h1H2,2-5H3;1-2H2. The number of esters is 1. The van der Waals surface area contributed by atoms with Crippen LogP contribution in [0, 0.1) is 0 Å². The molecule has 0 unspecified atom stereocenters. The summed E-state index contributed by atoms with van der Waals surface area (Å²) in [6.45, 7) is 16.8. The molecule has 0 aromatic rings. The van der Waals surface area contributed by atoms with Gasteiger partial charge in [-0.3, -0.25) is 0 Å². The zero-order valence-electron chi connectivity index (χ0n) is 8.94. The Hall–Kier alpha value is -1.27. The molecule has 2 heteroatoms. The lowest BCUT2D eigenvalue weighted by Crippen LogP contribution is -2.23. The predicted octanol–water partition coefficient (Wildman–Crippen LogP) is 2.86. The summed E-state index contributed by atoms with van der Waals surface area (Å²) in [6.07, 6.45) is 0. The molecule has 0 radical (unpaired) electrons. The number of hydrogen-bond donors (Lipinski definition) is 0. The molecule has 0 aliphatic rings. The molecule has 0 aliphatic carbocycles. The maximum absolute atomic E-state index is 10.8. The highest BCUT2D eigenvalue weighted by Crippen LogP contribution is 2.09. The molecule has 2 nitrogen and oxygen atoms in total. The summed E-state index contributed by atoms with van der Waals surface area (Å²) in [5.74, 6) is -0.326. The van der Waals surface area contributed by atoms with E-state index >= 15 is 0 Å². The molecule has 0 aliphatic heterocycles. The van der Waals surface area contributed by atoms with Crippen LogP contribution in [0.2, 0.25) is 0 Å². The molecule has 0 amide bonds. The zero-order valence-corrected chi connectivity index (χ0v) is 8.94. The van der Waals surface area contributed by atoms with Gasteiger partial charge >= 0.3 is 5.97 Å². The summed E-state index contributed by atoms with van der Waals surface area (Å²) in [5.41, 5.74) is 2.28. The van der Waals surface area contributed by atoms with E-state index in [1.165, 1.54) is 0 Å². The van der Waals surface area contributed by atoms with E-state index in [1.54, 1.807) is 6.92 Å². The van der Waals surface area contributed by atoms with Crippen LogP contribution in [0.4, 0.5) is 0 Å². The number of carbonyl (C=O) groups excluding carboxylic acids is 1. The van der Waals surface area contributed by atoms with Gasteiger partial charge in [-0.25, -0.2) is 4.79 Å². The van der Waals surface area contributed by atoms with E-state index in [4.69, 9.17) is 4.74 Å². The first-order valence-corrected chi connectivity index (χ1v) is 3.92. The first-order chi connectivity index (χ1) is 5.74. The molecule has 0 saturated heterocycles. The summed E-state index contributed by atoms with van der Waals surface area (Å²) in [4.78, 5) is 10.8. The number of carbonyl (C=O) groups is 1. The van der Waals surface area contributed by atoms with Crippen LogP contribution in [0.1, 0.15) is 27.7 Å². The van der Waals surface area contributed by atoms with Crippen LogP contribution in [0.25, 0.3) is 0 Å². The van der Waals surface area contributed by atoms with E-state index in [0.717, 1.165) is 0 Å². The number of hydrogen-bond acceptors (Lipinski definition) is 2. The van der Waals surface area contributed by atoms with Gasteiger partial charge in [0.1, 0.15) is 5.60 Å². The summed E-state index contributed by atoms with van der Waals surface area (Å²) >= 11 is 0. The van der Waals surface area contributed by atoms with Gasteiger partial charge in [-0.1, -0.05) is 19.7 Å². The summed E-state index contributed by atoms with van der Waals surface area (Å²) < 4.78 is 4.96. The maximum Gasteiger partial charge on any atom is 0.333 e. The average Bonchev–Trinajstić information content (AvgIpc) is 1.84. The highest BCUT2D eigenvalue weighted by molar-refractivity contribution is 5.87. The average molecular weight is 182 g/mol. The van der Waals surface area contributed by atoms with Crippen LogP contribution in [-0.2, 0) is 9.53 Å². The molecule has 13 heavy (non-hydrogen) atoms. The molecular weight excluding hydrogens is 164 g/mol. The molecule has 0 atom stereocenters. The molecule has 0 saturated carbocycles. The van der Waals surface area contributed by atoms with Crippen molar-refractivity contribution in [2.75, 3.05) is 0 Å². The van der Waals surface area contributed by atoms with Crippen molar-refractivity contribution in [1.82, 2.24) is 0 Å². The third-order valence-corrected chi connectivity index (χ3v) is 0.747. The Bertz CT molecular complexity index is 213. The second kappa shape index (κ2) is 6.27. The quantitative estimate of drug-likeness (QED) is 0.354. The minimum atomic E-state index is -0.407. The van der Waals surface area contributed by atoms with Gasteiger partial charge in [0.05, 0.1) is 0 Å². The molecule has 0 aromatic carbocycles.